The van der Waals surface area contributed by atoms with Gasteiger partial charge in [0.25, 0.3) is 0 Å². The molecule has 1 N–H and O–H groups in total. The number of nitrogens with one attached hydrogen (secondary N) is 1. The third-order valence-electron chi connectivity index (χ3n) is 4.54. The Hall–Kier alpha value is -2.72. The molecule has 0 spiro atoms. The summed E-state index contributed by atoms with van der Waals surface area (Å²) in [5.74, 6) is 0. The lowest BCUT2D eigenvalue weighted by molar-refractivity contribution is 0.393. The molecule has 2 aromatic carbocycles. The number of thiocarbonyl (C=S) groups is 1. The van der Waals surface area contributed by atoms with Gasteiger partial charge >= 0.3 is 0 Å². The molecule has 0 fully saturated rings. The Kier molecular flexibility index (Phi) is 6.55. The van der Waals surface area contributed by atoms with E-state index in [9.17, 15) is 0 Å². The molecule has 4 heteroatoms. The third kappa shape index (κ3) is 5.63. The molecule has 1 unspecified atom stereocenters. The zero-order valence-corrected chi connectivity index (χ0v) is 16.6. The highest BCUT2D eigenvalue weighted by Gasteiger charge is 2.14. The summed E-state index contributed by atoms with van der Waals surface area (Å²) in [5.41, 5.74) is 4.91. The maximum absolute atomic E-state index is 5.77. The van der Waals surface area contributed by atoms with Crippen molar-refractivity contribution in [3.05, 3.63) is 101 Å². The van der Waals surface area contributed by atoms with Gasteiger partial charge in [0.2, 0.25) is 0 Å². The molecule has 0 aliphatic heterocycles. The van der Waals surface area contributed by atoms with Crippen molar-refractivity contribution >= 4 is 17.3 Å². The summed E-state index contributed by atoms with van der Waals surface area (Å²) >= 11 is 5.77. The monoisotopic (exact) mass is 375 g/mol. The Morgan fingerprint density at radius 2 is 1.52 bits per heavy atom. The second-order valence-electron chi connectivity index (χ2n) is 6.78. The normalized spacial score (nSPS) is 11.6. The van der Waals surface area contributed by atoms with E-state index in [4.69, 9.17) is 12.2 Å². The Labute approximate surface area is 167 Å². The number of hydrogen-bond donors (Lipinski definition) is 1. The van der Waals surface area contributed by atoms with Crippen LogP contribution in [0.1, 0.15) is 35.2 Å². The third-order valence-corrected chi connectivity index (χ3v) is 4.92. The van der Waals surface area contributed by atoms with Gasteiger partial charge < -0.3 is 10.2 Å². The molecule has 3 aromatic rings. The summed E-state index contributed by atoms with van der Waals surface area (Å²) in [6.07, 6.45) is 3.64. The summed E-state index contributed by atoms with van der Waals surface area (Å²) in [4.78, 5) is 6.32. The van der Waals surface area contributed by atoms with Gasteiger partial charge in [-0.2, -0.15) is 0 Å². The first-order valence-electron chi connectivity index (χ1n) is 9.16. The summed E-state index contributed by atoms with van der Waals surface area (Å²) < 4.78 is 0. The van der Waals surface area contributed by atoms with Crippen LogP contribution in [0.4, 0.5) is 0 Å². The number of hydrogen-bond acceptors (Lipinski definition) is 2. The number of aromatic nitrogens is 1. The van der Waals surface area contributed by atoms with Gasteiger partial charge in [-0.3, -0.25) is 4.98 Å². The first kappa shape index (κ1) is 19.1. The molecule has 0 aliphatic carbocycles. The van der Waals surface area contributed by atoms with Gasteiger partial charge in [0.1, 0.15) is 0 Å². The maximum Gasteiger partial charge on any atom is 0.170 e. The molecule has 3 rings (SSSR count). The quantitative estimate of drug-likeness (QED) is 0.612. The van der Waals surface area contributed by atoms with Crippen LogP contribution in [0.25, 0.3) is 0 Å². The molecule has 1 atom stereocenters. The van der Waals surface area contributed by atoms with E-state index in [1.165, 1.54) is 22.3 Å². The van der Waals surface area contributed by atoms with Gasteiger partial charge in [0, 0.05) is 25.5 Å². The van der Waals surface area contributed by atoms with E-state index in [1.54, 1.807) is 0 Å². The minimum atomic E-state index is 0.150. The Morgan fingerprint density at radius 1 is 0.926 bits per heavy atom. The molecule has 0 bridgehead atoms. The van der Waals surface area contributed by atoms with Gasteiger partial charge in [0.05, 0.1) is 6.04 Å². The average Bonchev–Trinajstić information content (AvgIpc) is 2.70. The zero-order valence-electron chi connectivity index (χ0n) is 15.8. The van der Waals surface area contributed by atoms with Gasteiger partial charge in [-0.25, -0.2) is 0 Å². The number of nitrogens with zero attached hydrogens (tertiary/aromatic N) is 2. The molecule has 27 heavy (non-hydrogen) atoms. The highest BCUT2D eigenvalue weighted by Crippen LogP contribution is 2.15. The number of pyridine rings is 1. The van der Waals surface area contributed by atoms with Crippen molar-refractivity contribution < 1.29 is 0 Å². The largest absolute Gasteiger partial charge is 0.356 e. The van der Waals surface area contributed by atoms with Crippen LogP contribution in [0.3, 0.4) is 0 Å². The maximum atomic E-state index is 5.77. The van der Waals surface area contributed by atoms with Gasteiger partial charge in [0.15, 0.2) is 5.11 Å². The van der Waals surface area contributed by atoms with Crippen LogP contribution in [-0.4, -0.2) is 15.0 Å². The van der Waals surface area contributed by atoms with Crippen molar-refractivity contribution in [3.63, 3.8) is 0 Å². The number of aryl methyl sites for hydroxylation is 1. The van der Waals surface area contributed by atoms with Crippen molar-refractivity contribution in [1.29, 1.82) is 0 Å². The van der Waals surface area contributed by atoms with E-state index < -0.39 is 0 Å². The Balaban J connectivity index is 1.75. The van der Waals surface area contributed by atoms with Crippen molar-refractivity contribution in [3.8, 4) is 0 Å². The molecule has 0 amide bonds. The Bertz CT molecular complexity index is 848. The minimum absolute atomic E-state index is 0.150. The molecule has 0 aliphatic rings. The summed E-state index contributed by atoms with van der Waals surface area (Å²) in [6.45, 7) is 5.74. The van der Waals surface area contributed by atoms with Crippen LogP contribution in [-0.2, 0) is 13.1 Å². The van der Waals surface area contributed by atoms with Crippen LogP contribution < -0.4 is 5.32 Å². The fraction of sp³-hybridized carbons (Fsp3) is 0.217. The molecule has 1 heterocycles. The van der Waals surface area contributed by atoms with Gasteiger partial charge in [-0.15, -0.1) is 0 Å². The fourth-order valence-corrected chi connectivity index (χ4v) is 3.23. The average molecular weight is 376 g/mol. The van der Waals surface area contributed by atoms with E-state index >= 15 is 0 Å². The predicted octanol–water partition coefficient (Wildman–Crippen LogP) is 5.03. The second kappa shape index (κ2) is 9.28. The lowest BCUT2D eigenvalue weighted by Gasteiger charge is -2.28. The van der Waals surface area contributed by atoms with E-state index in [0.29, 0.717) is 0 Å². The smallest absolute Gasteiger partial charge is 0.170 e. The van der Waals surface area contributed by atoms with Gasteiger partial charge in [-0.05, 0) is 54.9 Å². The highest BCUT2D eigenvalue weighted by molar-refractivity contribution is 7.80. The van der Waals surface area contributed by atoms with Gasteiger partial charge in [-0.1, -0.05) is 60.2 Å². The standard InChI is InChI=1S/C23H25N3S/c1-18-8-10-20(11-9-18)16-26(17-21-12-14-24-15-13-21)23(27)25-19(2)22-6-4-3-5-7-22/h3-15,19H,16-17H2,1-2H3,(H,25,27). The number of rotatable bonds is 6. The SMILES string of the molecule is Cc1ccc(CN(Cc2ccncc2)C(=S)NC(C)c2ccccc2)cc1. The Morgan fingerprint density at radius 3 is 2.15 bits per heavy atom. The highest BCUT2D eigenvalue weighted by atomic mass is 32.1. The van der Waals surface area contributed by atoms with Crippen molar-refractivity contribution in [2.45, 2.75) is 33.0 Å². The van der Waals surface area contributed by atoms with Crippen molar-refractivity contribution in [2.24, 2.45) is 0 Å². The summed E-state index contributed by atoms with van der Waals surface area (Å²) in [6, 6.07) is 23.2. The first-order valence-corrected chi connectivity index (χ1v) is 9.57. The molecular weight excluding hydrogens is 350 g/mol. The molecule has 0 saturated carbocycles. The van der Waals surface area contributed by atoms with Crippen LogP contribution in [0.15, 0.2) is 79.1 Å². The first-order chi connectivity index (χ1) is 13.1. The fourth-order valence-electron chi connectivity index (χ4n) is 2.92. The van der Waals surface area contributed by atoms with Crippen LogP contribution in [0, 0.1) is 6.92 Å². The molecule has 3 nitrogen and oxygen atoms in total. The molecule has 0 radical (unpaired) electrons. The molecule has 0 saturated heterocycles. The minimum Gasteiger partial charge on any atom is -0.356 e. The van der Waals surface area contributed by atoms with E-state index in [0.717, 1.165) is 18.2 Å². The van der Waals surface area contributed by atoms with E-state index in [1.807, 2.05) is 30.6 Å². The lowest BCUT2D eigenvalue weighted by atomic mass is 10.1. The summed E-state index contributed by atoms with van der Waals surface area (Å²) in [5, 5.41) is 4.24. The van der Waals surface area contributed by atoms with Crippen molar-refractivity contribution in [1.82, 2.24) is 15.2 Å². The van der Waals surface area contributed by atoms with Crippen LogP contribution >= 0.6 is 12.2 Å². The topological polar surface area (TPSA) is 28.2 Å². The zero-order chi connectivity index (χ0) is 19.1. The van der Waals surface area contributed by atoms with Crippen molar-refractivity contribution in [2.75, 3.05) is 0 Å². The summed E-state index contributed by atoms with van der Waals surface area (Å²) in [7, 11) is 0. The van der Waals surface area contributed by atoms with Crippen LogP contribution in [0.5, 0.6) is 0 Å². The lowest BCUT2D eigenvalue weighted by Crippen LogP contribution is -2.40. The second-order valence-corrected chi connectivity index (χ2v) is 7.17. The molecular formula is C23H25N3S. The van der Waals surface area contributed by atoms with Crippen LogP contribution in [0.2, 0.25) is 0 Å². The van der Waals surface area contributed by atoms with E-state index in [2.05, 4.69) is 77.6 Å². The predicted molar refractivity (Wildman–Crippen MR) is 115 cm³/mol. The molecule has 138 valence electrons. The molecule has 1 aromatic heterocycles. The van der Waals surface area contributed by atoms with E-state index in [-0.39, 0.29) is 6.04 Å². The number of benzene rings is 2.